The summed E-state index contributed by atoms with van der Waals surface area (Å²) >= 11 is 0. The lowest BCUT2D eigenvalue weighted by molar-refractivity contribution is -0.121. The van der Waals surface area contributed by atoms with Crippen molar-refractivity contribution in [3.05, 3.63) is 27.2 Å². The highest BCUT2D eigenvalue weighted by Gasteiger charge is 2.38. The number of aromatic nitrogens is 4. The zero-order chi connectivity index (χ0) is 20.3. The van der Waals surface area contributed by atoms with Gasteiger partial charge in [0.15, 0.2) is 16.8 Å². The Bertz CT molecular complexity index is 1080. The molecule has 1 amide bonds. The molecular weight excluding hydrogens is 362 g/mol. The number of rotatable bonds is 9. The summed E-state index contributed by atoms with van der Waals surface area (Å²) in [5, 5.41) is 10.9. The molecule has 28 heavy (non-hydrogen) atoms. The SMILES string of the molecule is C#CCCC1(CCNC(=O)CCCn2cnc3c2c(=O)n(C)c(=O)n3C)N=N1. The predicted molar refractivity (Wildman–Crippen MR) is 103 cm³/mol. The number of amides is 1. The van der Waals surface area contributed by atoms with E-state index >= 15 is 0 Å². The van der Waals surface area contributed by atoms with E-state index in [0.29, 0.717) is 56.4 Å². The lowest BCUT2D eigenvalue weighted by atomic mass is 10.0. The first-order valence-corrected chi connectivity index (χ1v) is 9.13. The molecule has 3 rings (SSSR count). The molecule has 3 heterocycles. The van der Waals surface area contributed by atoms with Gasteiger partial charge in [0.1, 0.15) is 0 Å². The minimum Gasteiger partial charge on any atom is -0.356 e. The number of aryl methyl sites for hydroxylation is 2. The number of fused-ring (bicyclic) bond motifs is 1. The van der Waals surface area contributed by atoms with Gasteiger partial charge in [-0.2, -0.15) is 10.2 Å². The van der Waals surface area contributed by atoms with Gasteiger partial charge in [-0.3, -0.25) is 18.7 Å². The van der Waals surface area contributed by atoms with Crippen LogP contribution in [-0.4, -0.2) is 36.8 Å². The molecule has 10 heteroatoms. The van der Waals surface area contributed by atoms with Gasteiger partial charge in [0, 0.05) is 52.9 Å². The van der Waals surface area contributed by atoms with Crippen molar-refractivity contribution in [3.63, 3.8) is 0 Å². The van der Waals surface area contributed by atoms with Crippen molar-refractivity contribution >= 4 is 17.1 Å². The maximum Gasteiger partial charge on any atom is 0.332 e. The molecule has 0 spiro atoms. The summed E-state index contributed by atoms with van der Waals surface area (Å²) in [4.78, 5) is 40.5. The van der Waals surface area contributed by atoms with Crippen LogP contribution in [0.3, 0.4) is 0 Å². The highest BCUT2D eigenvalue weighted by Crippen LogP contribution is 2.35. The number of hydrogen-bond donors (Lipinski definition) is 1. The number of imidazole rings is 1. The van der Waals surface area contributed by atoms with Gasteiger partial charge in [0.25, 0.3) is 5.56 Å². The molecule has 0 saturated heterocycles. The number of nitrogens with one attached hydrogen (secondary N) is 1. The molecule has 0 aromatic carbocycles. The third-order valence-corrected chi connectivity index (χ3v) is 4.92. The normalized spacial score (nSPS) is 14.2. The van der Waals surface area contributed by atoms with E-state index in [1.807, 2.05) is 0 Å². The molecule has 1 aliphatic rings. The van der Waals surface area contributed by atoms with Crippen LogP contribution in [0.5, 0.6) is 0 Å². The first-order chi connectivity index (χ1) is 13.4. The van der Waals surface area contributed by atoms with Gasteiger partial charge in [0.05, 0.1) is 6.33 Å². The van der Waals surface area contributed by atoms with Crippen LogP contribution >= 0.6 is 0 Å². The maximum atomic E-state index is 12.4. The van der Waals surface area contributed by atoms with Gasteiger partial charge in [0.2, 0.25) is 5.91 Å². The Balaban J connectivity index is 1.50. The molecule has 1 N–H and O–H groups in total. The van der Waals surface area contributed by atoms with Crippen LogP contribution < -0.4 is 16.6 Å². The Morgan fingerprint density at radius 3 is 2.68 bits per heavy atom. The fraction of sp³-hybridized carbons (Fsp3) is 0.556. The molecule has 2 aromatic heterocycles. The number of hydrogen-bond acceptors (Lipinski definition) is 6. The molecule has 148 valence electrons. The monoisotopic (exact) mass is 385 g/mol. The van der Waals surface area contributed by atoms with E-state index in [2.05, 4.69) is 26.4 Å². The van der Waals surface area contributed by atoms with Crippen molar-refractivity contribution in [2.75, 3.05) is 6.54 Å². The van der Waals surface area contributed by atoms with E-state index in [0.717, 1.165) is 4.57 Å². The summed E-state index contributed by atoms with van der Waals surface area (Å²) in [6.45, 7) is 0.946. The van der Waals surface area contributed by atoms with E-state index in [4.69, 9.17) is 6.42 Å². The summed E-state index contributed by atoms with van der Waals surface area (Å²) in [5.74, 6) is 2.50. The zero-order valence-corrected chi connectivity index (χ0v) is 16.0. The van der Waals surface area contributed by atoms with Gasteiger partial charge >= 0.3 is 5.69 Å². The topological polar surface area (TPSA) is 116 Å². The van der Waals surface area contributed by atoms with Crippen LogP contribution in [0, 0.1) is 12.3 Å². The number of carbonyl (C=O) groups excluding carboxylic acids is 1. The van der Waals surface area contributed by atoms with Gasteiger partial charge in [-0.05, 0) is 6.42 Å². The van der Waals surface area contributed by atoms with Crippen LogP contribution in [0.2, 0.25) is 0 Å². The smallest absolute Gasteiger partial charge is 0.332 e. The van der Waals surface area contributed by atoms with Crippen LogP contribution in [0.15, 0.2) is 26.1 Å². The van der Waals surface area contributed by atoms with Crippen molar-refractivity contribution in [2.45, 2.75) is 44.3 Å². The molecule has 10 nitrogen and oxygen atoms in total. The largest absolute Gasteiger partial charge is 0.356 e. The highest BCUT2D eigenvalue weighted by molar-refractivity contribution is 5.75. The number of nitrogens with zero attached hydrogens (tertiary/aromatic N) is 6. The first kappa shape index (κ1) is 19.5. The number of carbonyl (C=O) groups is 1. The van der Waals surface area contributed by atoms with E-state index in [1.54, 1.807) is 11.6 Å². The lowest BCUT2D eigenvalue weighted by Gasteiger charge is -2.10. The average molecular weight is 385 g/mol. The minimum atomic E-state index is -0.420. The van der Waals surface area contributed by atoms with Crippen LogP contribution in [0.1, 0.15) is 32.1 Å². The Kier molecular flexibility index (Phi) is 5.44. The standard InChI is InChI=1S/C18H23N7O3/c1-4-5-8-18(21-22-18)9-10-19-13(26)7-6-11-25-12-20-15-14(25)16(27)24(3)17(28)23(15)2/h1,12H,5-11H2,2-3H3,(H,19,26). The van der Waals surface area contributed by atoms with Crippen molar-refractivity contribution in [1.82, 2.24) is 24.0 Å². The van der Waals surface area contributed by atoms with Gasteiger partial charge in [-0.15, -0.1) is 12.3 Å². The third kappa shape index (κ3) is 3.88. The molecule has 0 bridgehead atoms. The highest BCUT2D eigenvalue weighted by atomic mass is 16.2. The van der Waals surface area contributed by atoms with Gasteiger partial charge in [-0.1, -0.05) is 0 Å². The summed E-state index contributed by atoms with van der Waals surface area (Å²) in [6, 6.07) is 0. The van der Waals surface area contributed by atoms with Gasteiger partial charge < -0.3 is 9.88 Å². The minimum absolute atomic E-state index is 0.0718. The summed E-state index contributed by atoms with van der Waals surface area (Å²) in [6.07, 6.45) is 9.62. The fourth-order valence-corrected chi connectivity index (χ4v) is 3.14. The van der Waals surface area contributed by atoms with Gasteiger partial charge in [-0.25, -0.2) is 9.78 Å². The molecule has 0 atom stereocenters. The molecule has 0 saturated carbocycles. The van der Waals surface area contributed by atoms with E-state index in [1.165, 1.54) is 17.9 Å². The molecule has 0 fully saturated rings. The van der Waals surface area contributed by atoms with Crippen LogP contribution in [0.4, 0.5) is 0 Å². The van der Waals surface area contributed by atoms with Crippen LogP contribution in [-0.2, 0) is 25.4 Å². The van der Waals surface area contributed by atoms with Crippen molar-refractivity contribution in [3.8, 4) is 12.3 Å². The molecule has 0 radical (unpaired) electrons. The molecule has 0 unspecified atom stereocenters. The third-order valence-electron chi connectivity index (χ3n) is 4.92. The Morgan fingerprint density at radius 2 is 2.00 bits per heavy atom. The van der Waals surface area contributed by atoms with Crippen molar-refractivity contribution < 1.29 is 4.79 Å². The average Bonchev–Trinajstić information content (AvgIpc) is 3.32. The number of terminal acetylenes is 1. The summed E-state index contributed by atoms with van der Waals surface area (Å²) < 4.78 is 4.07. The predicted octanol–water partition coefficient (Wildman–Crippen LogP) is 0.296. The first-order valence-electron chi connectivity index (χ1n) is 9.13. The van der Waals surface area contributed by atoms with E-state index < -0.39 is 16.9 Å². The zero-order valence-electron chi connectivity index (χ0n) is 16.0. The second kappa shape index (κ2) is 7.80. The second-order valence-corrected chi connectivity index (χ2v) is 6.91. The van der Waals surface area contributed by atoms with E-state index in [-0.39, 0.29) is 5.91 Å². The fourth-order valence-electron chi connectivity index (χ4n) is 3.14. The quantitative estimate of drug-likeness (QED) is 0.625. The molecule has 2 aromatic rings. The molecule has 1 aliphatic heterocycles. The maximum absolute atomic E-state index is 12.4. The lowest BCUT2D eigenvalue weighted by Crippen LogP contribution is -2.37. The second-order valence-electron chi connectivity index (χ2n) is 6.91. The molecule has 0 aliphatic carbocycles. The Hall–Kier alpha value is -3.22. The summed E-state index contributed by atoms with van der Waals surface area (Å²) in [7, 11) is 3.01. The van der Waals surface area contributed by atoms with Crippen molar-refractivity contribution in [1.29, 1.82) is 0 Å². The molecular formula is C18H23N7O3. The Labute approximate surface area is 161 Å². The Morgan fingerprint density at radius 1 is 1.25 bits per heavy atom. The summed E-state index contributed by atoms with van der Waals surface area (Å²) in [5.41, 5.74) is -0.513. The van der Waals surface area contributed by atoms with E-state index in [9.17, 15) is 14.4 Å². The van der Waals surface area contributed by atoms with Crippen LogP contribution in [0.25, 0.3) is 11.2 Å². The van der Waals surface area contributed by atoms with Crippen molar-refractivity contribution in [2.24, 2.45) is 24.3 Å².